The maximum atomic E-state index is 10.8. The van der Waals surface area contributed by atoms with E-state index in [0.717, 1.165) is 11.8 Å². The minimum absolute atomic E-state index is 0.0622. The molecule has 1 aliphatic rings. The number of aldehydes is 1. The van der Waals surface area contributed by atoms with Crippen LogP contribution in [0, 0.1) is 5.92 Å². The summed E-state index contributed by atoms with van der Waals surface area (Å²) in [5.41, 5.74) is 0.886. The first-order valence-electron chi connectivity index (χ1n) is 4.26. The number of hydrogen-bond donors (Lipinski definition) is 0. The van der Waals surface area contributed by atoms with Gasteiger partial charge in [-0.15, -0.1) is 11.6 Å². The third-order valence-corrected chi connectivity index (χ3v) is 4.45. The van der Waals surface area contributed by atoms with Crippen molar-refractivity contribution < 1.29 is 4.79 Å². The van der Waals surface area contributed by atoms with Gasteiger partial charge < -0.3 is 4.79 Å². The maximum Gasteiger partial charge on any atom is 0.126 e. The molecule has 1 aromatic carbocycles. The summed E-state index contributed by atoms with van der Waals surface area (Å²) < 4.78 is -0.678. The van der Waals surface area contributed by atoms with Crippen molar-refractivity contribution in [3.8, 4) is 0 Å². The summed E-state index contributed by atoms with van der Waals surface area (Å²) in [5, 5.41) is 1.10. The second-order valence-electron chi connectivity index (χ2n) is 3.52. The van der Waals surface area contributed by atoms with Crippen LogP contribution in [0.1, 0.15) is 11.5 Å². The first-order valence-corrected chi connectivity index (χ1v) is 6.18. The summed E-state index contributed by atoms with van der Waals surface area (Å²) >= 11 is 21.2. The smallest absolute Gasteiger partial charge is 0.126 e. The average molecular weight is 328 g/mol. The quantitative estimate of drug-likeness (QED) is 0.586. The highest BCUT2D eigenvalue weighted by Crippen LogP contribution is 2.65. The van der Waals surface area contributed by atoms with Crippen molar-refractivity contribution in [1.82, 2.24) is 0 Å². The minimum Gasteiger partial charge on any atom is -0.303 e. The third-order valence-electron chi connectivity index (χ3n) is 2.50. The van der Waals surface area contributed by atoms with Crippen LogP contribution in [0.3, 0.4) is 0 Å². The summed E-state index contributed by atoms with van der Waals surface area (Å²) in [4.78, 5) is 10.8. The first kappa shape index (κ1) is 11.7. The standard InChI is InChI=1S/C10H6BrCl3O/c11-10(14)8(4-15)9(10)5-1-6(12)3-7(13)2-5/h1-4,8-9H/t8-,9?,10+/m1/s1. The summed E-state index contributed by atoms with van der Waals surface area (Å²) in [5.74, 6) is -0.290. The Bertz CT molecular complexity index is 399. The molecular formula is C10H6BrCl3O. The number of carbonyl (C=O) groups excluding carboxylic acids is 1. The van der Waals surface area contributed by atoms with Gasteiger partial charge in [-0.25, -0.2) is 0 Å². The second kappa shape index (κ2) is 3.92. The monoisotopic (exact) mass is 326 g/mol. The van der Waals surface area contributed by atoms with E-state index in [9.17, 15) is 4.79 Å². The van der Waals surface area contributed by atoms with E-state index in [-0.39, 0.29) is 11.8 Å². The molecule has 1 unspecified atom stereocenters. The Morgan fingerprint density at radius 3 is 2.20 bits per heavy atom. The van der Waals surface area contributed by atoms with Crippen molar-refractivity contribution >= 4 is 57.0 Å². The van der Waals surface area contributed by atoms with Crippen LogP contribution in [0.15, 0.2) is 18.2 Å². The van der Waals surface area contributed by atoms with Gasteiger partial charge in [-0.3, -0.25) is 0 Å². The molecule has 0 bridgehead atoms. The van der Waals surface area contributed by atoms with Gasteiger partial charge >= 0.3 is 0 Å². The maximum absolute atomic E-state index is 10.8. The third kappa shape index (κ3) is 2.05. The molecule has 5 heteroatoms. The summed E-state index contributed by atoms with van der Waals surface area (Å²) in [7, 11) is 0. The molecule has 15 heavy (non-hydrogen) atoms. The van der Waals surface area contributed by atoms with Crippen molar-refractivity contribution in [1.29, 1.82) is 0 Å². The number of rotatable bonds is 2. The highest BCUT2D eigenvalue weighted by molar-refractivity contribution is 9.10. The topological polar surface area (TPSA) is 17.1 Å². The summed E-state index contributed by atoms with van der Waals surface area (Å²) in [6.45, 7) is 0. The van der Waals surface area contributed by atoms with Crippen LogP contribution in [0.25, 0.3) is 0 Å². The van der Waals surface area contributed by atoms with Crippen LogP contribution in [-0.2, 0) is 4.79 Å². The van der Waals surface area contributed by atoms with Crippen molar-refractivity contribution in [2.24, 2.45) is 5.92 Å². The van der Waals surface area contributed by atoms with E-state index >= 15 is 0 Å². The zero-order valence-corrected chi connectivity index (χ0v) is 11.2. The van der Waals surface area contributed by atoms with Gasteiger partial charge in [-0.05, 0) is 23.8 Å². The Labute approximate surface area is 111 Å². The molecule has 1 saturated carbocycles. The van der Waals surface area contributed by atoms with Crippen LogP contribution in [0.2, 0.25) is 10.0 Å². The van der Waals surface area contributed by atoms with Crippen molar-refractivity contribution in [3.05, 3.63) is 33.8 Å². The zero-order valence-electron chi connectivity index (χ0n) is 7.38. The number of hydrogen-bond acceptors (Lipinski definition) is 1. The van der Waals surface area contributed by atoms with Gasteiger partial charge in [0.25, 0.3) is 0 Å². The number of carbonyl (C=O) groups is 1. The number of alkyl halides is 2. The predicted molar refractivity (Wildman–Crippen MR) is 66.3 cm³/mol. The van der Waals surface area contributed by atoms with E-state index in [1.807, 2.05) is 0 Å². The fourth-order valence-corrected chi connectivity index (χ4v) is 3.41. The number of halogens is 4. The average Bonchev–Trinajstić information content (AvgIpc) is 2.66. The van der Waals surface area contributed by atoms with Crippen molar-refractivity contribution in [2.75, 3.05) is 0 Å². The lowest BCUT2D eigenvalue weighted by Gasteiger charge is -2.02. The molecule has 0 aromatic heterocycles. The summed E-state index contributed by atoms with van der Waals surface area (Å²) in [6, 6.07) is 5.20. The predicted octanol–water partition coefficient (Wildman–Crippen LogP) is 4.24. The fourth-order valence-electron chi connectivity index (χ4n) is 1.70. The van der Waals surface area contributed by atoms with E-state index in [4.69, 9.17) is 34.8 Å². The van der Waals surface area contributed by atoms with Crippen molar-refractivity contribution in [3.63, 3.8) is 0 Å². The molecule has 0 spiro atoms. The Morgan fingerprint density at radius 1 is 1.27 bits per heavy atom. The molecule has 0 aliphatic heterocycles. The lowest BCUT2D eigenvalue weighted by atomic mass is 10.1. The zero-order chi connectivity index (χ0) is 11.2. The molecule has 0 heterocycles. The molecule has 1 aliphatic carbocycles. The molecule has 80 valence electrons. The van der Waals surface area contributed by atoms with Gasteiger partial charge in [-0.2, -0.15) is 0 Å². The van der Waals surface area contributed by atoms with Crippen LogP contribution >= 0.6 is 50.7 Å². The van der Waals surface area contributed by atoms with E-state index in [1.165, 1.54) is 0 Å². The molecule has 1 nitrogen and oxygen atoms in total. The molecule has 0 radical (unpaired) electrons. The molecule has 1 aromatic rings. The molecule has 3 atom stereocenters. The molecule has 0 N–H and O–H groups in total. The van der Waals surface area contributed by atoms with E-state index < -0.39 is 3.78 Å². The van der Waals surface area contributed by atoms with Crippen molar-refractivity contribution in [2.45, 2.75) is 9.70 Å². The van der Waals surface area contributed by atoms with Crippen LogP contribution < -0.4 is 0 Å². The van der Waals surface area contributed by atoms with Gasteiger partial charge in [0.15, 0.2) is 0 Å². The first-order chi connectivity index (χ1) is 6.96. The Morgan fingerprint density at radius 2 is 1.80 bits per heavy atom. The Kier molecular flexibility index (Phi) is 3.06. The lowest BCUT2D eigenvalue weighted by molar-refractivity contribution is -0.108. The van der Waals surface area contributed by atoms with E-state index in [1.54, 1.807) is 18.2 Å². The molecule has 0 saturated heterocycles. The molecule has 2 rings (SSSR count). The Balaban J connectivity index is 2.36. The van der Waals surface area contributed by atoms with Gasteiger partial charge in [0.1, 0.15) is 10.1 Å². The normalized spacial score (nSPS) is 33.9. The van der Waals surface area contributed by atoms with E-state index in [0.29, 0.717) is 10.0 Å². The van der Waals surface area contributed by atoms with Gasteiger partial charge in [-0.1, -0.05) is 39.1 Å². The minimum atomic E-state index is -0.678. The van der Waals surface area contributed by atoms with E-state index in [2.05, 4.69) is 15.9 Å². The van der Waals surface area contributed by atoms with Crippen LogP contribution in [0.4, 0.5) is 0 Å². The van der Waals surface area contributed by atoms with Crippen LogP contribution in [-0.4, -0.2) is 10.1 Å². The summed E-state index contributed by atoms with van der Waals surface area (Å²) in [6.07, 6.45) is 0.848. The van der Waals surface area contributed by atoms with Gasteiger partial charge in [0.05, 0.1) is 5.92 Å². The highest BCUT2D eigenvalue weighted by atomic mass is 79.9. The second-order valence-corrected chi connectivity index (χ2v) is 6.78. The van der Waals surface area contributed by atoms with Crippen LogP contribution in [0.5, 0.6) is 0 Å². The highest BCUT2D eigenvalue weighted by Gasteiger charge is 2.63. The molecule has 1 fully saturated rings. The lowest BCUT2D eigenvalue weighted by Crippen LogP contribution is -1.89. The van der Waals surface area contributed by atoms with Gasteiger partial charge in [0.2, 0.25) is 0 Å². The number of benzene rings is 1. The van der Waals surface area contributed by atoms with Gasteiger partial charge in [0, 0.05) is 16.0 Å². The largest absolute Gasteiger partial charge is 0.303 e. The fraction of sp³-hybridized carbons (Fsp3) is 0.300. The molecular weight excluding hydrogens is 322 g/mol. The molecule has 0 amide bonds. The Hall–Kier alpha value is 0.240. The SMILES string of the molecule is O=C[C@@H]1C(c2cc(Cl)cc(Cl)c2)[C@]1(Cl)Br.